The minimum atomic E-state index is -0.656. The van der Waals surface area contributed by atoms with Crippen LogP contribution in [0.4, 0.5) is 5.69 Å². The van der Waals surface area contributed by atoms with Crippen LogP contribution in [-0.2, 0) is 4.79 Å². The molecule has 0 bridgehead atoms. The first-order valence-electron chi connectivity index (χ1n) is 7.14. The second kappa shape index (κ2) is 6.76. The maximum atomic E-state index is 12.4. The Labute approximate surface area is 137 Å². The number of amides is 2. The zero-order valence-electron chi connectivity index (χ0n) is 12.5. The molecule has 0 aliphatic heterocycles. The molecule has 0 fully saturated rings. The molecule has 0 aliphatic rings. The predicted molar refractivity (Wildman–Crippen MR) is 88.6 cm³/mol. The molecule has 2 aromatic heterocycles. The number of nitrogens with one attached hydrogen (secondary N) is 2. The number of hydrogen-bond donors (Lipinski definition) is 3. The van der Waals surface area contributed by atoms with E-state index in [-0.39, 0.29) is 11.6 Å². The first kappa shape index (κ1) is 15.4. The van der Waals surface area contributed by atoms with Crippen LogP contribution in [0.5, 0.6) is 0 Å². The van der Waals surface area contributed by atoms with Crippen LogP contribution in [-0.4, -0.2) is 26.6 Å². The van der Waals surface area contributed by atoms with Crippen molar-refractivity contribution >= 4 is 29.1 Å². The average Bonchev–Trinajstić information content (AvgIpc) is 3.05. The van der Waals surface area contributed by atoms with Gasteiger partial charge in [-0.05, 0) is 35.9 Å². The third kappa shape index (κ3) is 3.31. The van der Waals surface area contributed by atoms with Gasteiger partial charge in [-0.1, -0.05) is 24.3 Å². The zero-order chi connectivity index (χ0) is 16.9. The SMILES string of the molecule is O=C(C=Cc1ccccc1NC(=O)c1cc2ccccn2n1)NO. The molecule has 1 aromatic carbocycles. The highest BCUT2D eigenvalue weighted by atomic mass is 16.5. The Balaban J connectivity index is 1.84. The molecule has 120 valence electrons. The molecule has 0 spiro atoms. The van der Waals surface area contributed by atoms with Crippen LogP contribution in [0.3, 0.4) is 0 Å². The van der Waals surface area contributed by atoms with Crippen molar-refractivity contribution in [3.05, 3.63) is 72.1 Å². The summed E-state index contributed by atoms with van der Waals surface area (Å²) in [5.74, 6) is -1.01. The van der Waals surface area contributed by atoms with Crippen LogP contribution in [0, 0.1) is 0 Å². The molecule has 0 unspecified atom stereocenters. The monoisotopic (exact) mass is 322 g/mol. The van der Waals surface area contributed by atoms with E-state index in [9.17, 15) is 9.59 Å². The summed E-state index contributed by atoms with van der Waals surface area (Å²) in [6.45, 7) is 0. The van der Waals surface area contributed by atoms with Crippen molar-refractivity contribution in [2.24, 2.45) is 0 Å². The number of carbonyl (C=O) groups excluding carboxylic acids is 2. The Morgan fingerprint density at radius 3 is 2.71 bits per heavy atom. The highest BCUT2D eigenvalue weighted by molar-refractivity contribution is 6.05. The predicted octanol–water partition coefficient (Wildman–Crippen LogP) is 2.11. The van der Waals surface area contributed by atoms with Crippen LogP contribution >= 0.6 is 0 Å². The standard InChI is InChI=1S/C17H14N4O3/c22-16(20-24)9-8-12-5-1-2-7-14(12)18-17(23)15-11-13-6-3-4-10-21(13)19-15/h1-11,24H,(H,18,23)(H,20,22). The quantitative estimate of drug-likeness (QED) is 0.389. The summed E-state index contributed by atoms with van der Waals surface area (Å²) in [6.07, 6.45) is 4.41. The minimum absolute atomic E-state index is 0.285. The highest BCUT2D eigenvalue weighted by Crippen LogP contribution is 2.18. The zero-order valence-corrected chi connectivity index (χ0v) is 12.5. The van der Waals surface area contributed by atoms with Gasteiger partial charge in [-0.3, -0.25) is 14.8 Å². The lowest BCUT2D eigenvalue weighted by molar-refractivity contribution is -0.124. The van der Waals surface area contributed by atoms with E-state index in [2.05, 4.69) is 10.4 Å². The van der Waals surface area contributed by atoms with Gasteiger partial charge in [0.25, 0.3) is 11.8 Å². The molecule has 0 atom stereocenters. The molecule has 3 rings (SSSR count). The minimum Gasteiger partial charge on any atom is -0.320 e. The Morgan fingerprint density at radius 1 is 1.12 bits per heavy atom. The molecule has 2 heterocycles. The maximum Gasteiger partial charge on any atom is 0.276 e. The third-order valence-corrected chi connectivity index (χ3v) is 3.34. The molecular formula is C17H14N4O3. The highest BCUT2D eigenvalue weighted by Gasteiger charge is 2.12. The Kier molecular flexibility index (Phi) is 4.35. The van der Waals surface area contributed by atoms with E-state index in [4.69, 9.17) is 5.21 Å². The molecule has 3 aromatic rings. The number of pyridine rings is 1. The number of rotatable bonds is 4. The van der Waals surface area contributed by atoms with E-state index in [0.717, 1.165) is 11.6 Å². The van der Waals surface area contributed by atoms with Gasteiger partial charge < -0.3 is 5.32 Å². The average molecular weight is 322 g/mol. The smallest absolute Gasteiger partial charge is 0.276 e. The molecule has 0 aliphatic carbocycles. The molecule has 0 saturated heterocycles. The van der Waals surface area contributed by atoms with Gasteiger partial charge >= 0.3 is 0 Å². The molecule has 0 radical (unpaired) electrons. The van der Waals surface area contributed by atoms with Gasteiger partial charge in [0.05, 0.1) is 5.52 Å². The number of aromatic nitrogens is 2. The van der Waals surface area contributed by atoms with Crippen molar-refractivity contribution in [1.82, 2.24) is 15.1 Å². The number of nitrogens with zero attached hydrogens (tertiary/aromatic N) is 2. The van der Waals surface area contributed by atoms with Gasteiger partial charge in [0, 0.05) is 18.0 Å². The van der Waals surface area contributed by atoms with Crippen LogP contribution in [0.2, 0.25) is 0 Å². The van der Waals surface area contributed by atoms with Crippen LogP contribution < -0.4 is 10.8 Å². The van der Waals surface area contributed by atoms with Gasteiger partial charge in [0.1, 0.15) is 0 Å². The molecule has 3 N–H and O–H groups in total. The summed E-state index contributed by atoms with van der Waals surface area (Å²) in [7, 11) is 0. The normalized spacial score (nSPS) is 10.9. The van der Waals surface area contributed by atoms with E-state index in [1.807, 2.05) is 18.2 Å². The number of hydrogen-bond acceptors (Lipinski definition) is 4. The number of benzene rings is 1. The van der Waals surface area contributed by atoms with Crippen molar-refractivity contribution < 1.29 is 14.8 Å². The second-order valence-corrected chi connectivity index (χ2v) is 4.95. The van der Waals surface area contributed by atoms with Crippen LogP contribution in [0.15, 0.2) is 60.8 Å². The Bertz CT molecular complexity index is 897. The van der Waals surface area contributed by atoms with Gasteiger partial charge in [-0.15, -0.1) is 0 Å². The Morgan fingerprint density at radius 2 is 1.92 bits per heavy atom. The summed E-state index contributed by atoms with van der Waals surface area (Å²) < 4.78 is 1.62. The molecular weight excluding hydrogens is 308 g/mol. The molecule has 0 saturated carbocycles. The van der Waals surface area contributed by atoms with E-state index >= 15 is 0 Å². The van der Waals surface area contributed by atoms with Crippen molar-refractivity contribution in [2.75, 3.05) is 5.32 Å². The fourth-order valence-corrected chi connectivity index (χ4v) is 2.19. The molecule has 2 amide bonds. The lowest BCUT2D eigenvalue weighted by Crippen LogP contribution is -2.15. The van der Waals surface area contributed by atoms with Gasteiger partial charge in [-0.2, -0.15) is 5.10 Å². The van der Waals surface area contributed by atoms with Gasteiger partial charge in [0.15, 0.2) is 5.69 Å². The number of hydroxylamine groups is 1. The first-order valence-corrected chi connectivity index (χ1v) is 7.14. The number of carbonyl (C=O) groups is 2. The topological polar surface area (TPSA) is 95.7 Å². The molecule has 7 nitrogen and oxygen atoms in total. The first-order chi connectivity index (χ1) is 11.7. The van der Waals surface area contributed by atoms with Gasteiger partial charge in [-0.25, -0.2) is 10.00 Å². The van der Waals surface area contributed by atoms with Crippen LogP contribution in [0.25, 0.3) is 11.6 Å². The Hall–Kier alpha value is -3.45. The van der Waals surface area contributed by atoms with E-state index in [1.165, 1.54) is 11.6 Å². The van der Waals surface area contributed by atoms with Crippen molar-refractivity contribution in [3.8, 4) is 0 Å². The molecule has 24 heavy (non-hydrogen) atoms. The van der Waals surface area contributed by atoms with Crippen LogP contribution in [0.1, 0.15) is 16.1 Å². The summed E-state index contributed by atoms with van der Waals surface area (Å²) in [5.41, 5.74) is 3.76. The summed E-state index contributed by atoms with van der Waals surface area (Å²) in [6, 6.07) is 14.2. The number of anilines is 1. The second-order valence-electron chi connectivity index (χ2n) is 4.95. The van der Waals surface area contributed by atoms with Gasteiger partial charge in [0.2, 0.25) is 0 Å². The number of para-hydroxylation sites is 1. The van der Waals surface area contributed by atoms with E-state index < -0.39 is 5.91 Å². The fraction of sp³-hybridized carbons (Fsp3) is 0. The number of fused-ring (bicyclic) bond motifs is 1. The van der Waals surface area contributed by atoms with Crippen molar-refractivity contribution in [2.45, 2.75) is 0 Å². The lowest BCUT2D eigenvalue weighted by Gasteiger charge is -2.06. The summed E-state index contributed by atoms with van der Waals surface area (Å²) >= 11 is 0. The largest absolute Gasteiger partial charge is 0.320 e. The van der Waals surface area contributed by atoms with Crippen molar-refractivity contribution in [1.29, 1.82) is 0 Å². The van der Waals surface area contributed by atoms with Crippen molar-refractivity contribution in [3.63, 3.8) is 0 Å². The lowest BCUT2D eigenvalue weighted by atomic mass is 10.1. The molecule has 7 heteroatoms. The fourth-order valence-electron chi connectivity index (χ4n) is 2.19. The summed E-state index contributed by atoms with van der Waals surface area (Å²) in [5, 5.41) is 15.5. The van der Waals surface area contributed by atoms with E-state index in [1.54, 1.807) is 41.0 Å². The third-order valence-electron chi connectivity index (χ3n) is 3.34. The maximum absolute atomic E-state index is 12.4. The van der Waals surface area contributed by atoms with E-state index in [0.29, 0.717) is 11.3 Å². The summed E-state index contributed by atoms with van der Waals surface area (Å²) in [4.78, 5) is 23.5.